The lowest BCUT2D eigenvalue weighted by Gasteiger charge is -2.30. The molecule has 0 spiro atoms. The Morgan fingerprint density at radius 1 is 1.14 bits per heavy atom. The fourth-order valence-electron chi connectivity index (χ4n) is 2.92. The third-order valence-corrected chi connectivity index (χ3v) is 4.31. The summed E-state index contributed by atoms with van der Waals surface area (Å²) in [4.78, 5) is 24.1. The molecule has 28 heavy (non-hydrogen) atoms. The third kappa shape index (κ3) is 4.21. The summed E-state index contributed by atoms with van der Waals surface area (Å²) in [5.74, 6) is 0.497. The van der Waals surface area contributed by atoms with Crippen LogP contribution in [0.5, 0.6) is 11.5 Å². The molecule has 2 heterocycles. The van der Waals surface area contributed by atoms with Crippen molar-refractivity contribution in [1.29, 1.82) is 0 Å². The van der Waals surface area contributed by atoms with Crippen molar-refractivity contribution in [3.05, 3.63) is 47.6 Å². The lowest BCUT2D eigenvalue weighted by Crippen LogP contribution is -2.40. The monoisotopic (exact) mass is 385 g/mol. The van der Waals surface area contributed by atoms with Crippen LogP contribution in [0.4, 0.5) is 0 Å². The summed E-state index contributed by atoms with van der Waals surface area (Å²) in [5.41, 5.74) is 3.54. The molecule has 9 heteroatoms. The van der Waals surface area contributed by atoms with Gasteiger partial charge in [-0.2, -0.15) is 5.10 Å². The highest BCUT2D eigenvalue weighted by Crippen LogP contribution is 2.31. The molecule has 1 saturated heterocycles. The number of rotatable bonds is 5. The van der Waals surface area contributed by atoms with Crippen LogP contribution in [0.25, 0.3) is 0 Å². The Kier molecular flexibility index (Phi) is 5.36. The Morgan fingerprint density at radius 2 is 1.96 bits per heavy atom. The fourth-order valence-corrected chi connectivity index (χ4v) is 2.92. The van der Waals surface area contributed by atoms with Gasteiger partial charge in [0, 0.05) is 5.57 Å². The standard InChI is InChI=1S/C19H19N3O6/c23-18(22-21-9-12-1-3-15-16(7-12)28-11-27-15)10-20-19(24)13-2-4-14-17(8-13)26-6-5-25-14/h1-4,7-9,14,17H,5-6,10-11H2,(H,20,24)(H,22,23)/b21-9-/t14-,17-/m1/s1. The smallest absolute Gasteiger partial charge is 0.259 e. The minimum absolute atomic E-state index is 0.167. The van der Waals surface area contributed by atoms with Crippen molar-refractivity contribution in [2.75, 3.05) is 26.6 Å². The maximum Gasteiger partial charge on any atom is 0.259 e. The summed E-state index contributed by atoms with van der Waals surface area (Å²) in [6, 6.07) is 5.31. The first-order valence-electron chi connectivity index (χ1n) is 8.82. The fraction of sp³-hybridized carbons (Fsp3) is 0.316. The van der Waals surface area contributed by atoms with Crippen LogP contribution in [0.1, 0.15) is 5.56 Å². The highest BCUT2D eigenvalue weighted by atomic mass is 16.7. The van der Waals surface area contributed by atoms with Gasteiger partial charge >= 0.3 is 0 Å². The van der Waals surface area contributed by atoms with Gasteiger partial charge in [-0.1, -0.05) is 12.2 Å². The zero-order chi connectivity index (χ0) is 19.3. The van der Waals surface area contributed by atoms with Crippen LogP contribution in [0, 0.1) is 0 Å². The molecule has 1 aliphatic carbocycles. The average Bonchev–Trinajstić information content (AvgIpc) is 3.19. The summed E-state index contributed by atoms with van der Waals surface area (Å²) in [5, 5.41) is 6.43. The van der Waals surface area contributed by atoms with Crippen LogP contribution in [0.2, 0.25) is 0 Å². The van der Waals surface area contributed by atoms with Gasteiger partial charge in [0.05, 0.1) is 26.0 Å². The van der Waals surface area contributed by atoms with Crippen molar-refractivity contribution < 1.29 is 28.5 Å². The molecule has 0 saturated carbocycles. The van der Waals surface area contributed by atoms with E-state index in [1.54, 1.807) is 36.4 Å². The molecule has 1 fully saturated rings. The van der Waals surface area contributed by atoms with Crippen LogP contribution < -0.4 is 20.2 Å². The number of benzene rings is 1. The van der Waals surface area contributed by atoms with E-state index in [4.69, 9.17) is 18.9 Å². The van der Waals surface area contributed by atoms with Gasteiger partial charge in [-0.25, -0.2) is 5.43 Å². The first kappa shape index (κ1) is 18.2. The van der Waals surface area contributed by atoms with Crippen molar-refractivity contribution in [3.63, 3.8) is 0 Å². The van der Waals surface area contributed by atoms with E-state index in [1.165, 1.54) is 6.21 Å². The second-order valence-corrected chi connectivity index (χ2v) is 6.24. The van der Waals surface area contributed by atoms with Crippen molar-refractivity contribution >= 4 is 18.0 Å². The number of nitrogens with zero attached hydrogens (tertiary/aromatic N) is 1. The Bertz CT molecular complexity index is 863. The molecule has 2 aliphatic heterocycles. The van der Waals surface area contributed by atoms with E-state index >= 15 is 0 Å². The first-order valence-corrected chi connectivity index (χ1v) is 8.82. The normalized spacial score (nSPS) is 22.5. The van der Waals surface area contributed by atoms with E-state index in [0.717, 1.165) is 5.56 Å². The number of hydrazone groups is 1. The average molecular weight is 385 g/mol. The topological polar surface area (TPSA) is 107 Å². The zero-order valence-corrected chi connectivity index (χ0v) is 14.9. The van der Waals surface area contributed by atoms with E-state index in [-0.39, 0.29) is 31.5 Å². The Labute approximate surface area is 161 Å². The Morgan fingerprint density at radius 3 is 2.86 bits per heavy atom. The highest BCUT2D eigenvalue weighted by Gasteiger charge is 2.27. The van der Waals surface area contributed by atoms with Gasteiger partial charge in [-0.05, 0) is 29.8 Å². The van der Waals surface area contributed by atoms with Crippen LogP contribution in [-0.2, 0) is 19.1 Å². The van der Waals surface area contributed by atoms with Crippen molar-refractivity contribution in [2.45, 2.75) is 12.2 Å². The zero-order valence-electron chi connectivity index (χ0n) is 14.9. The molecule has 0 radical (unpaired) electrons. The highest BCUT2D eigenvalue weighted by molar-refractivity contribution is 5.98. The van der Waals surface area contributed by atoms with Crippen LogP contribution >= 0.6 is 0 Å². The molecule has 4 rings (SSSR count). The molecule has 0 aromatic heterocycles. The lowest BCUT2D eigenvalue weighted by atomic mass is 10.0. The maximum absolute atomic E-state index is 12.2. The number of hydrogen-bond donors (Lipinski definition) is 2. The van der Waals surface area contributed by atoms with Crippen LogP contribution in [-0.4, -0.2) is 56.8 Å². The number of carbonyl (C=O) groups is 2. The molecular formula is C19H19N3O6. The summed E-state index contributed by atoms with van der Waals surface area (Å²) in [6.07, 6.45) is 6.19. The van der Waals surface area contributed by atoms with E-state index in [2.05, 4.69) is 15.8 Å². The molecule has 0 bridgehead atoms. The Hall–Kier alpha value is -3.17. The van der Waals surface area contributed by atoms with Gasteiger partial charge in [-0.3, -0.25) is 9.59 Å². The van der Waals surface area contributed by atoms with Gasteiger partial charge in [-0.15, -0.1) is 0 Å². The summed E-state index contributed by atoms with van der Waals surface area (Å²) < 4.78 is 21.6. The van der Waals surface area contributed by atoms with Crippen LogP contribution in [0.15, 0.2) is 47.1 Å². The minimum Gasteiger partial charge on any atom is -0.454 e. The molecule has 9 nitrogen and oxygen atoms in total. The first-order chi connectivity index (χ1) is 13.7. The van der Waals surface area contributed by atoms with Crippen molar-refractivity contribution in [1.82, 2.24) is 10.7 Å². The van der Waals surface area contributed by atoms with Gasteiger partial charge in [0.2, 0.25) is 6.79 Å². The van der Waals surface area contributed by atoms with Gasteiger partial charge < -0.3 is 24.3 Å². The largest absolute Gasteiger partial charge is 0.454 e. The number of carbonyl (C=O) groups excluding carboxylic acids is 2. The number of ether oxygens (including phenoxy) is 4. The number of nitrogens with one attached hydrogen (secondary N) is 2. The number of hydrogen-bond acceptors (Lipinski definition) is 7. The molecular weight excluding hydrogens is 366 g/mol. The summed E-state index contributed by atoms with van der Waals surface area (Å²) in [6.45, 7) is 1.02. The number of fused-ring (bicyclic) bond motifs is 2. The molecule has 146 valence electrons. The van der Waals surface area contributed by atoms with E-state index in [9.17, 15) is 9.59 Å². The third-order valence-electron chi connectivity index (χ3n) is 4.31. The van der Waals surface area contributed by atoms with Crippen LogP contribution in [0.3, 0.4) is 0 Å². The molecule has 2 atom stereocenters. The second-order valence-electron chi connectivity index (χ2n) is 6.24. The molecule has 3 aliphatic rings. The van der Waals surface area contributed by atoms with E-state index < -0.39 is 5.91 Å². The van der Waals surface area contributed by atoms with E-state index in [1.807, 2.05) is 0 Å². The second kappa shape index (κ2) is 8.24. The molecule has 2 N–H and O–H groups in total. The number of amides is 2. The quantitative estimate of drug-likeness (QED) is 0.556. The maximum atomic E-state index is 12.2. The van der Waals surface area contributed by atoms with Gasteiger partial charge in [0.25, 0.3) is 11.8 Å². The van der Waals surface area contributed by atoms with Crippen molar-refractivity contribution in [2.24, 2.45) is 5.10 Å². The minimum atomic E-state index is -0.444. The van der Waals surface area contributed by atoms with Gasteiger partial charge in [0.15, 0.2) is 11.5 Å². The van der Waals surface area contributed by atoms with Crippen molar-refractivity contribution in [3.8, 4) is 11.5 Å². The predicted octanol–water partition coefficient (Wildman–Crippen LogP) is 0.262. The summed E-state index contributed by atoms with van der Waals surface area (Å²) in [7, 11) is 0. The Balaban J connectivity index is 1.24. The molecule has 1 aromatic carbocycles. The SMILES string of the molecule is O=C(CNC(=O)C1=C[C@H]2OCCO[C@@H]2C=C1)N/N=C\c1ccc2c(c1)OCO2. The van der Waals surface area contributed by atoms with E-state index in [0.29, 0.717) is 30.3 Å². The molecule has 2 amide bonds. The molecule has 1 aromatic rings. The summed E-state index contributed by atoms with van der Waals surface area (Å²) >= 11 is 0. The lowest BCUT2D eigenvalue weighted by molar-refractivity contribution is -0.124. The molecule has 0 unspecified atom stereocenters. The van der Waals surface area contributed by atoms with Gasteiger partial charge in [0.1, 0.15) is 12.2 Å². The predicted molar refractivity (Wildman–Crippen MR) is 98.0 cm³/mol.